The van der Waals surface area contributed by atoms with E-state index in [-0.39, 0.29) is 5.02 Å². The van der Waals surface area contributed by atoms with Crippen molar-refractivity contribution in [1.29, 1.82) is 0 Å². The van der Waals surface area contributed by atoms with Gasteiger partial charge in [0.05, 0.1) is 5.02 Å². The van der Waals surface area contributed by atoms with Crippen LogP contribution in [0, 0.1) is 5.82 Å². The van der Waals surface area contributed by atoms with Crippen LogP contribution in [-0.2, 0) is 0 Å². The largest absolute Gasteiger partial charge is 0.455 e. The van der Waals surface area contributed by atoms with Crippen LogP contribution in [0.15, 0.2) is 60.7 Å². The molecule has 2 N–H and O–H groups in total. The van der Waals surface area contributed by atoms with Crippen molar-refractivity contribution in [3.63, 3.8) is 0 Å². The van der Waals surface area contributed by atoms with Crippen LogP contribution in [-0.4, -0.2) is 0 Å². The minimum Gasteiger partial charge on any atom is -0.455 e. The van der Waals surface area contributed by atoms with Crippen molar-refractivity contribution < 1.29 is 9.13 Å². The van der Waals surface area contributed by atoms with Gasteiger partial charge in [0.2, 0.25) is 0 Å². The number of nitrogen functional groups attached to an aromatic ring is 1. The van der Waals surface area contributed by atoms with E-state index in [1.807, 2.05) is 18.2 Å². The molecule has 0 radical (unpaired) electrons. The lowest BCUT2D eigenvalue weighted by molar-refractivity contribution is 0.482. The van der Waals surface area contributed by atoms with Crippen LogP contribution in [0.5, 0.6) is 11.5 Å². The first-order valence-corrected chi connectivity index (χ1v) is 7.57. The molecule has 0 saturated heterocycles. The third kappa shape index (κ3) is 3.41. The first-order valence-electron chi connectivity index (χ1n) is 6.82. The number of halogens is 3. The van der Waals surface area contributed by atoms with E-state index in [1.54, 1.807) is 24.3 Å². The van der Waals surface area contributed by atoms with Gasteiger partial charge in [0.15, 0.2) is 0 Å². The van der Waals surface area contributed by atoms with E-state index in [9.17, 15) is 4.39 Å². The molecule has 0 atom stereocenters. The van der Waals surface area contributed by atoms with Gasteiger partial charge in [0.25, 0.3) is 0 Å². The maximum absolute atomic E-state index is 13.2. The summed E-state index contributed by atoms with van der Waals surface area (Å²) < 4.78 is 19.0. The molecule has 0 saturated carbocycles. The third-order valence-corrected chi connectivity index (χ3v) is 3.91. The molecule has 3 aromatic rings. The number of nitrogens with two attached hydrogens (primary N) is 1. The fourth-order valence-corrected chi connectivity index (χ4v) is 2.65. The maximum Gasteiger partial charge on any atom is 0.146 e. The molecule has 0 heterocycles. The molecule has 0 unspecified atom stereocenters. The van der Waals surface area contributed by atoms with Gasteiger partial charge < -0.3 is 10.5 Å². The van der Waals surface area contributed by atoms with Gasteiger partial charge in [-0.1, -0.05) is 41.4 Å². The molecule has 0 amide bonds. The van der Waals surface area contributed by atoms with E-state index < -0.39 is 5.82 Å². The normalized spacial score (nSPS) is 10.6. The lowest BCUT2D eigenvalue weighted by Gasteiger charge is -2.14. The van der Waals surface area contributed by atoms with Crippen LogP contribution in [0.25, 0.3) is 11.1 Å². The molecule has 0 fully saturated rings. The second-order valence-corrected chi connectivity index (χ2v) is 5.73. The first kappa shape index (κ1) is 15.7. The Morgan fingerprint density at radius 3 is 2.26 bits per heavy atom. The van der Waals surface area contributed by atoms with Crippen LogP contribution in [0.2, 0.25) is 10.0 Å². The van der Waals surface area contributed by atoms with Gasteiger partial charge in [-0.2, -0.15) is 0 Å². The molecule has 23 heavy (non-hydrogen) atoms. The Labute approximate surface area is 143 Å². The summed E-state index contributed by atoms with van der Waals surface area (Å²) in [6.07, 6.45) is 0. The Bertz CT molecular complexity index is 867. The van der Waals surface area contributed by atoms with E-state index in [4.69, 9.17) is 33.7 Å². The van der Waals surface area contributed by atoms with E-state index in [0.29, 0.717) is 22.2 Å². The quantitative estimate of drug-likeness (QED) is 0.574. The molecular formula is C18H12Cl2FNO. The summed E-state index contributed by atoms with van der Waals surface area (Å²) in [4.78, 5) is 0. The predicted molar refractivity (Wildman–Crippen MR) is 92.8 cm³/mol. The zero-order valence-electron chi connectivity index (χ0n) is 11.9. The molecule has 0 aliphatic carbocycles. The van der Waals surface area contributed by atoms with Crippen LogP contribution >= 0.6 is 23.2 Å². The van der Waals surface area contributed by atoms with E-state index >= 15 is 0 Å². The number of anilines is 1. The Kier molecular flexibility index (Phi) is 4.42. The number of benzene rings is 3. The van der Waals surface area contributed by atoms with E-state index in [2.05, 4.69) is 0 Å². The van der Waals surface area contributed by atoms with Crippen LogP contribution in [0.4, 0.5) is 10.1 Å². The molecule has 3 rings (SSSR count). The topological polar surface area (TPSA) is 35.2 Å². The van der Waals surface area contributed by atoms with Crippen molar-refractivity contribution in [2.24, 2.45) is 0 Å². The van der Waals surface area contributed by atoms with Crippen molar-refractivity contribution in [2.75, 3.05) is 5.73 Å². The number of ether oxygens (including phenoxy) is 1. The van der Waals surface area contributed by atoms with Crippen molar-refractivity contribution in [3.8, 4) is 22.6 Å². The average Bonchev–Trinajstić information content (AvgIpc) is 2.52. The Morgan fingerprint density at radius 1 is 0.783 bits per heavy atom. The predicted octanol–water partition coefficient (Wildman–Crippen LogP) is 6.17. The van der Waals surface area contributed by atoms with Gasteiger partial charge >= 0.3 is 0 Å². The average molecular weight is 348 g/mol. The molecule has 116 valence electrons. The van der Waals surface area contributed by atoms with Crippen molar-refractivity contribution in [2.45, 2.75) is 0 Å². The molecule has 0 bridgehead atoms. The smallest absolute Gasteiger partial charge is 0.146 e. The highest BCUT2D eigenvalue weighted by Crippen LogP contribution is 2.39. The Hall–Kier alpha value is -2.23. The lowest BCUT2D eigenvalue weighted by Crippen LogP contribution is -1.93. The minimum atomic E-state index is -0.425. The summed E-state index contributed by atoms with van der Waals surface area (Å²) in [7, 11) is 0. The summed E-state index contributed by atoms with van der Waals surface area (Å²) >= 11 is 12.3. The third-order valence-electron chi connectivity index (χ3n) is 3.28. The van der Waals surface area contributed by atoms with Gasteiger partial charge in [-0.3, -0.25) is 0 Å². The van der Waals surface area contributed by atoms with Crippen molar-refractivity contribution >= 4 is 28.9 Å². The zero-order chi connectivity index (χ0) is 16.4. The second-order valence-electron chi connectivity index (χ2n) is 4.91. The zero-order valence-corrected chi connectivity index (χ0v) is 13.4. The summed E-state index contributed by atoms with van der Waals surface area (Å²) in [6.45, 7) is 0. The molecule has 0 spiro atoms. The van der Waals surface area contributed by atoms with Gasteiger partial charge in [-0.15, -0.1) is 0 Å². The summed E-state index contributed by atoms with van der Waals surface area (Å²) in [5.41, 5.74) is 7.98. The van der Waals surface area contributed by atoms with Crippen LogP contribution in [0.3, 0.4) is 0 Å². The minimum absolute atomic E-state index is 0.187. The summed E-state index contributed by atoms with van der Waals surface area (Å²) in [5, 5.41) is 0.764. The molecule has 2 nitrogen and oxygen atoms in total. The fourth-order valence-electron chi connectivity index (χ4n) is 2.20. The van der Waals surface area contributed by atoms with Crippen LogP contribution in [0.1, 0.15) is 0 Å². The highest BCUT2D eigenvalue weighted by atomic mass is 35.5. The van der Waals surface area contributed by atoms with Gasteiger partial charge in [0, 0.05) is 21.8 Å². The molecule has 3 aromatic carbocycles. The highest BCUT2D eigenvalue weighted by molar-refractivity contribution is 6.33. The van der Waals surface area contributed by atoms with E-state index in [0.717, 1.165) is 11.1 Å². The highest BCUT2D eigenvalue weighted by Gasteiger charge is 2.13. The van der Waals surface area contributed by atoms with E-state index in [1.165, 1.54) is 18.2 Å². The molecule has 0 aliphatic rings. The maximum atomic E-state index is 13.2. The standard InChI is InChI=1S/C18H12Cl2FNO/c19-15-4-2-1-3-13(15)14-10-12(22)6-8-17(14)23-18-7-5-11(21)9-16(18)20/h1-10H,22H2. The Balaban J connectivity index is 2.08. The SMILES string of the molecule is Nc1ccc(Oc2ccc(F)cc2Cl)c(-c2ccccc2Cl)c1. The monoisotopic (exact) mass is 347 g/mol. The van der Waals surface area contributed by atoms with Gasteiger partial charge in [-0.25, -0.2) is 4.39 Å². The van der Waals surface area contributed by atoms with Crippen molar-refractivity contribution in [1.82, 2.24) is 0 Å². The number of hydrogen-bond acceptors (Lipinski definition) is 2. The first-order chi connectivity index (χ1) is 11.0. The number of hydrogen-bond donors (Lipinski definition) is 1. The molecular weight excluding hydrogens is 336 g/mol. The summed E-state index contributed by atoms with van der Waals surface area (Å²) in [5.74, 6) is 0.456. The van der Waals surface area contributed by atoms with Gasteiger partial charge in [0.1, 0.15) is 17.3 Å². The molecule has 5 heteroatoms. The fraction of sp³-hybridized carbons (Fsp3) is 0. The van der Waals surface area contributed by atoms with Crippen LogP contribution < -0.4 is 10.5 Å². The lowest BCUT2D eigenvalue weighted by atomic mass is 10.0. The molecule has 0 aliphatic heterocycles. The van der Waals surface area contributed by atoms with Crippen molar-refractivity contribution in [3.05, 3.63) is 76.5 Å². The van der Waals surface area contributed by atoms with Gasteiger partial charge in [-0.05, 0) is 42.5 Å². The Morgan fingerprint density at radius 2 is 1.52 bits per heavy atom. The number of rotatable bonds is 3. The molecule has 0 aromatic heterocycles. The summed E-state index contributed by atoms with van der Waals surface area (Å²) in [6, 6.07) is 16.6. The second kappa shape index (κ2) is 6.49.